The number of nitrogens with zero attached hydrogens (tertiary/aromatic N) is 1. The molecule has 62 valence electrons. The number of para-hydroxylation sites is 1. The monoisotopic (exact) mass is 199 g/mol. The summed E-state index contributed by atoms with van der Waals surface area (Å²) in [6.45, 7) is 0. The maximum absolute atomic E-state index is 10.5. The quantitative estimate of drug-likeness (QED) is 0.511. The lowest BCUT2D eigenvalue weighted by atomic mass is 10.3. The average Bonchev–Trinajstić information content (AvgIpc) is 2.44. The largest absolute Gasteiger partial charge is 0.300 e. The second kappa shape index (κ2) is 2.99. The summed E-state index contributed by atoms with van der Waals surface area (Å²) in [5.74, 6) is 0. The van der Waals surface area contributed by atoms with Crippen molar-refractivity contribution in [3.63, 3.8) is 0 Å². The van der Waals surface area contributed by atoms with Gasteiger partial charge in [0.2, 0.25) is 0 Å². The molecule has 0 saturated carbocycles. The van der Waals surface area contributed by atoms with Gasteiger partial charge in [-0.05, 0) is 12.1 Å². The number of carbonyl (C=O) groups excluding carboxylic acids is 1. The summed E-state index contributed by atoms with van der Waals surface area (Å²) in [5.41, 5.74) is 0.918. The Labute approximate surface area is 79.6 Å². The van der Waals surface area contributed by atoms with Gasteiger partial charge >= 0.3 is 0 Å². The van der Waals surface area contributed by atoms with E-state index in [1.807, 2.05) is 24.3 Å². The van der Waals surface area contributed by atoms with E-state index in [-0.39, 0.29) is 5.37 Å². The number of thioether (sulfide) groups is 1. The van der Waals surface area contributed by atoms with Crippen molar-refractivity contribution in [3.05, 3.63) is 24.3 Å². The molecular formula is C8H6ClNOS. The molecule has 0 aromatic heterocycles. The molecule has 12 heavy (non-hydrogen) atoms. The fourth-order valence-corrected chi connectivity index (χ4v) is 2.46. The van der Waals surface area contributed by atoms with Crippen molar-refractivity contribution in [3.8, 4) is 0 Å². The van der Waals surface area contributed by atoms with Crippen LogP contribution in [0.3, 0.4) is 0 Å². The summed E-state index contributed by atoms with van der Waals surface area (Å²) >= 11 is 7.36. The Morgan fingerprint density at radius 2 is 2.25 bits per heavy atom. The summed E-state index contributed by atoms with van der Waals surface area (Å²) < 4.78 is 1.47. The van der Waals surface area contributed by atoms with Crippen molar-refractivity contribution >= 4 is 35.5 Å². The first-order valence-electron chi connectivity index (χ1n) is 3.49. The van der Waals surface area contributed by atoms with Crippen LogP contribution in [-0.4, -0.2) is 11.7 Å². The molecule has 1 heterocycles. The first-order chi connectivity index (χ1) is 5.83. The summed E-state index contributed by atoms with van der Waals surface area (Å²) in [7, 11) is 0. The van der Waals surface area contributed by atoms with E-state index in [1.54, 1.807) is 0 Å². The molecule has 1 aromatic carbocycles. The highest BCUT2D eigenvalue weighted by atomic mass is 35.5. The SMILES string of the molecule is O=CC1Sc2ccccc2N1Cl. The number of benzene rings is 1. The van der Waals surface area contributed by atoms with Gasteiger partial charge in [0, 0.05) is 16.7 Å². The van der Waals surface area contributed by atoms with Gasteiger partial charge in [-0.3, -0.25) is 4.42 Å². The van der Waals surface area contributed by atoms with Gasteiger partial charge in [-0.1, -0.05) is 23.9 Å². The van der Waals surface area contributed by atoms with E-state index in [0.29, 0.717) is 0 Å². The molecular weight excluding hydrogens is 194 g/mol. The summed E-state index contributed by atoms with van der Waals surface area (Å²) in [6.07, 6.45) is 0.845. The maximum atomic E-state index is 10.5. The zero-order chi connectivity index (χ0) is 8.55. The zero-order valence-corrected chi connectivity index (χ0v) is 7.68. The van der Waals surface area contributed by atoms with Crippen molar-refractivity contribution in [2.75, 3.05) is 4.42 Å². The standard InChI is InChI=1S/C8H6ClNOS/c9-10-6-3-1-2-4-7(6)12-8(10)5-11/h1-5,8H. The van der Waals surface area contributed by atoms with Gasteiger partial charge in [0.25, 0.3) is 0 Å². The minimum absolute atomic E-state index is 0.274. The highest BCUT2D eigenvalue weighted by molar-refractivity contribution is 8.01. The van der Waals surface area contributed by atoms with Gasteiger partial charge in [0.15, 0.2) is 11.7 Å². The molecule has 0 spiro atoms. The molecule has 0 amide bonds. The minimum atomic E-state index is -0.274. The lowest BCUT2D eigenvalue weighted by Crippen LogP contribution is -2.19. The molecule has 0 aliphatic carbocycles. The fraction of sp³-hybridized carbons (Fsp3) is 0.125. The van der Waals surface area contributed by atoms with Crippen LogP contribution in [0.2, 0.25) is 0 Å². The van der Waals surface area contributed by atoms with Crippen molar-refractivity contribution in [2.24, 2.45) is 0 Å². The van der Waals surface area contributed by atoms with Gasteiger partial charge in [-0.15, -0.1) is 0 Å². The van der Waals surface area contributed by atoms with E-state index >= 15 is 0 Å². The minimum Gasteiger partial charge on any atom is -0.300 e. The van der Waals surface area contributed by atoms with Crippen LogP contribution < -0.4 is 4.42 Å². The van der Waals surface area contributed by atoms with Crippen molar-refractivity contribution in [2.45, 2.75) is 10.3 Å². The molecule has 1 aromatic rings. The molecule has 0 radical (unpaired) electrons. The Morgan fingerprint density at radius 1 is 1.50 bits per heavy atom. The molecule has 1 aliphatic rings. The molecule has 0 saturated heterocycles. The maximum Gasteiger partial charge on any atom is 0.154 e. The average molecular weight is 200 g/mol. The second-order valence-corrected chi connectivity index (χ2v) is 3.95. The second-order valence-electron chi connectivity index (χ2n) is 2.42. The smallest absolute Gasteiger partial charge is 0.154 e. The summed E-state index contributed by atoms with van der Waals surface area (Å²) in [4.78, 5) is 11.6. The van der Waals surface area contributed by atoms with Gasteiger partial charge in [0.05, 0.1) is 5.69 Å². The Bertz CT molecular complexity index is 318. The van der Waals surface area contributed by atoms with Gasteiger partial charge in [-0.25, -0.2) is 0 Å². The van der Waals surface area contributed by atoms with Gasteiger partial charge in [-0.2, -0.15) is 0 Å². The van der Waals surface area contributed by atoms with E-state index in [0.717, 1.165) is 16.9 Å². The number of carbonyl (C=O) groups is 1. The molecule has 2 rings (SSSR count). The predicted molar refractivity (Wildman–Crippen MR) is 50.5 cm³/mol. The third-order valence-electron chi connectivity index (χ3n) is 1.68. The molecule has 2 nitrogen and oxygen atoms in total. The summed E-state index contributed by atoms with van der Waals surface area (Å²) in [6, 6.07) is 7.70. The molecule has 1 atom stereocenters. The van der Waals surface area contributed by atoms with Crippen LogP contribution in [0.15, 0.2) is 29.2 Å². The Morgan fingerprint density at radius 3 is 2.92 bits per heavy atom. The fourth-order valence-electron chi connectivity index (χ4n) is 1.13. The van der Waals surface area contributed by atoms with Crippen LogP contribution in [-0.2, 0) is 4.79 Å². The topological polar surface area (TPSA) is 20.3 Å². The highest BCUT2D eigenvalue weighted by Crippen LogP contribution is 2.43. The van der Waals surface area contributed by atoms with Crippen LogP contribution >= 0.6 is 23.5 Å². The Kier molecular flexibility index (Phi) is 1.98. The van der Waals surface area contributed by atoms with Crippen molar-refractivity contribution in [1.82, 2.24) is 0 Å². The predicted octanol–water partition coefficient (Wildman–Crippen LogP) is 2.28. The summed E-state index contributed by atoms with van der Waals surface area (Å²) in [5, 5.41) is -0.274. The van der Waals surface area contributed by atoms with E-state index in [2.05, 4.69) is 0 Å². The first kappa shape index (κ1) is 7.95. The number of anilines is 1. The number of halogens is 1. The van der Waals surface area contributed by atoms with Gasteiger partial charge in [0.1, 0.15) is 0 Å². The van der Waals surface area contributed by atoms with E-state index < -0.39 is 0 Å². The normalized spacial score (nSPS) is 20.8. The van der Waals surface area contributed by atoms with Gasteiger partial charge < -0.3 is 4.79 Å². The number of hydrogen-bond acceptors (Lipinski definition) is 3. The van der Waals surface area contributed by atoms with Crippen molar-refractivity contribution < 1.29 is 4.79 Å². The lowest BCUT2D eigenvalue weighted by molar-refractivity contribution is -0.107. The number of rotatable bonds is 1. The van der Waals surface area contributed by atoms with E-state index in [9.17, 15) is 4.79 Å². The lowest BCUT2D eigenvalue weighted by Gasteiger charge is -2.10. The number of fused-ring (bicyclic) bond motifs is 1. The van der Waals surface area contributed by atoms with Crippen LogP contribution in [0.1, 0.15) is 0 Å². The highest BCUT2D eigenvalue weighted by Gasteiger charge is 2.27. The van der Waals surface area contributed by atoms with E-state index in [4.69, 9.17) is 11.8 Å². The molecule has 1 aliphatic heterocycles. The molecule has 0 fully saturated rings. The van der Waals surface area contributed by atoms with Crippen LogP contribution in [0.25, 0.3) is 0 Å². The third-order valence-corrected chi connectivity index (χ3v) is 3.35. The van der Waals surface area contributed by atoms with Crippen LogP contribution in [0, 0.1) is 0 Å². The van der Waals surface area contributed by atoms with Crippen LogP contribution in [0.5, 0.6) is 0 Å². The molecule has 0 N–H and O–H groups in total. The molecule has 4 heteroatoms. The Balaban J connectivity index is 2.41. The number of aldehydes is 1. The third kappa shape index (κ3) is 1.09. The molecule has 1 unspecified atom stereocenters. The van der Waals surface area contributed by atoms with Crippen molar-refractivity contribution in [1.29, 1.82) is 0 Å². The van der Waals surface area contributed by atoms with Crippen LogP contribution in [0.4, 0.5) is 5.69 Å². The number of hydrogen-bond donors (Lipinski definition) is 0. The Hall–Kier alpha value is -0.670. The zero-order valence-electron chi connectivity index (χ0n) is 6.11. The molecule has 0 bridgehead atoms. The first-order valence-corrected chi connectivity index (χ1v) is 4.70. The van der Waals surface area contributed by atoms with E-state index in [1.165, 1.54) is 16.2 Å².